The van der Waals surface area contributed by atoms with Crippen LogP contribution in [-0.4, -0.2) is 4.98 Å². The van der Waals surface area contributed by atoms with Crippen LogP contribution in [0.4, 0.5) is 5.82 Å². The van der Waals surface area contributed by atoms with Crippen molar-refractivity contribution in [3.63, 3.8) is 0 Å². The second-order valence-corrected chi connectivity index (χ2v) is 5.54. The Labute approximate surface area is 114 Å². The lowest BCUT2D eigenvalue weighted by molar-refractivity contribution is 0.357. The summed E-state index contributed by atoms with van der Waals surface area (Å²) in [5.74, 6) is 7.27. The van der Waals surface area contributed by atoms with E-state index in [0.717, 1.165) is 23.7 Å². The first-order valence-corrected chi connectivity index (χ1v) is 7.22. The largest absolute Gasteiger partial charge is 0.308 e. The fourth-order valence-electron chi connectivity index (χ4n) is 3.14. The molecule has 0 spiro atoms. The molecule has 3 N–H and O–H groups in total. The Bertz CT molecular complexity index is 559. The first kappa shape index (κ1) is 12.4. The Morgan fingerprint density at radius 3 is 2.74 bits per heavy atom. The summed E-state index contributed by atoms with van der Waals surface area (Å²) >= 11 is 0. The highest BCUT2D eigenvalue weighted by Crippen LogP contribution is 2.30. The van der Waals surface area contributed by atoms with Gasteiger partial charge in [0.05, 0.1) is 5.52 Å². The molecule has 0 bridgehead atoms. The normalized spacial score (nSPS) is 16.7. The number of hydrogen-bond acceptors (Lipinski definition) is 3. The maximum atomic E-state index is 5.63. The van der Waals surface area contributed by atoms with Gasteiger partial charge in [0.2, 0.25) is 0 Å². The van der Waals surface area contributed by atoms with E-state index in [1.165, 1.54) is 43.1 Å². The van der Waals surface area contributed by atoms with E-state index >= 15 is 0 Å². The molecular weight excluding hydrogens is 234 g/mol. The van der Waals surface area contributed by atoms with Crippen LogP contribution in [0.2, 0.25) is 0 Å². The van der Waals surface area contributed by atoms with Crippen LogP contribution in [0.5, 0.6) is 0 Å². The summed E-state index contributed by atoms with van der Waals surface area (Å²) in [4.78, 5) is 4.62. The third kappa shape index (κ3) is 2.71. The average molecular weight is 255 g/mol. The molecule has 19 heavy (non-hydrogen) atoms. The van der Waals surface area contributed by atoms with Crippen LogP contribution in [0.1, 0.15) is 37.7 Å². The van der Waals surface area contributed by atoms with Crippen molar-refractivity contribution < 1.29 is 0 Å². The minimum atomic E-state index is 0.795. The number of benzene rings is 1. The van der Waals surface area contributed by atoms with Crippen LogP contribution in [0, 0.1) is 5.92 Å². The third-order valence-corrected chi connectivity index (χ3v) is 4.17. The zero-order valence-electron chi connectivity index (χ0n) is 11.2. The van der Waals surface area contributed by atoms with Gasteiger partial charge in [0.1, 0.15) is 5.82 Å². The van der Waals surface area contributed by atoms with Crippen LogP contribution in [0.3, 0.4) is 0 Å². The number of hydrazine groups is 1. The zero-order valence-corrected chi connectivity index (χ0v) is 11.2. The molecule has 3 nitrogen and oxygen atoms in total. The Morgan fingerprint density at radius 1 is 1.16 bits per heavy atom. The van der Waals surface area contributed by atoms with Crippen molar-refractivity contribution in [1.29, 1.82) is 0 Å². The molecule has 1 aromatic heterocycles. The second-order valence-electron chi connectivity index (χ2n) is 5.54. The molecule has 100 valence electrons. The number of nitrogen functional groups attached to an aromatic ring is 1. The van der Waals surface area contributed by atoms with Crippen LogP contribution in [0.15, 0.2) is 30.3 Å². The fraction of sp³-hybridized carbons (Fsp3) is 0.438. The lowest BCUT2D eigenvalue weighted by atomic mass is 9.85. The van der Waals surface area contributed by atoms with Gasteiger partial charge >= 0.3 is 0 Å². The highest BCUT2D eigenvalue weighted by molar-refractivity contribution is 5.81. The van der Waals surface area contributed by atoms with Gasteiger partial charge in [-0.05, 0) is 30.0 Å². The summed E-state index contributed by atoms with van der Waals surface area (Å²) in [6, 6.07) is 10.5. The predicted molar refractivity (Wildman–Crippen MR) is 79.8 cm³/mol. The summed E-state index contributed by atoms with van der Waals surface area (Å²) in [5.41, 5.74) is 5.03. The molecule has 1 aliphatic carbocycles. The van der Waals surface area contributed by atoms with Gasteiger partial charge in [-0.1, -0.05) is 50.3 Å². The number of nitrogens with two attached hydrogens (primary N) is 1. The number of hydrogen-bond donors (Lipinski definition) is 2. The van der Waals surface area contributed by atoms with E-state index in [9.17, 15) is 0 Å². The van der Waals surface area contributed by atoms with E-state index in [-0.39, 0.29) is 0 Å². The Balaban J connectivity index is 1.91. The summed E-state index contributed by atoms with van der Waals surface area (Å²) in [6.07, 6.45) is 7.92. The third-order valence-electron chi connectivity index (χ3n) is 4.17. The molecule has 1 fully saturated rings. The van der Waals surface area contributed by atoms with E-state index in [1.54, 1.807) is 0 Å². The van der Waals surface area contributed by atoms with Crippen molar-refractivity contribution in [1.82, 2.24) is 4.98 Å². The van der Waals surface area contributed by atoms with Gasteiger partial charge in [0, 0.05) is 5.39 Å². The van der Waals surface area contributed by atoms with Crippen molar-refractivity contribution in [2.45, 2.75) is 38.5 Å². The molecular formula is C16H21N3. The van der Waals surface area contributed by atoms with E-state index in [2.05, 4.69) is 28.6 Å². The summed E-state index contributed by atoms with van der Waals surface area (Å²) in [6.45, 7) is 0. The van der Waals surface area contributed by atoms with Gasteiger partial charge in [-0.2, -0.15) is 0 Å². The highest BCUT2D eigenvalue weighted by atomic mass is 15.2. The topological polar surface area (TPSA) is 50.9 Å². The van der Waals surface area contributed by atoms with E-state index in [0.29, 0.717) is 0 Å². The van der Waals surface area contributed by atoms with Crippen molar-refractivity contribution in [2.75, 3.05) is 5.43 Å². The number of pyridine rings is 1. The smallest absolute Gasteiger partial charge is 0.143 e. The van der Waals surface area contributed by atoms with E-state index in [1.807, 2.05) is 12.1 Å². The molecule has 0 atom stereocenters. The van der Waals surface area contributed by atoms with Crippen molar-refractivity contribution >= 4 is 16.7 Å². The molecule has 3 heteroatoms. The molecule has 0 radical (unpaired) electrons. The minimum absolute atomic E-state index is 0.795. The van der Waals surface area contributed by atoms with Crippen molar-refractivity contribution in [3.8, 4) is 0 Å². The number of nitrogens with zero attached hydrogens (tertiary/aromatic N) is 1. The first-order chi connectivity index (χ1) is 9.36. The van der Waals surface area contributed by atoms with E-state index < -0.39 is 0 Å². The van der Waals surface area contributed by atoms with Gasteiger partial charge in [-0.15, -0.1) is 0 Å². The molecule has 0 unspecified atom stereocenters. The second kappa shape index (κ2) is 5.57. The average Bonchev–Trinajstić information content (AvgIpc) is 2.47. The maximum Gasteiger partial charge on any atom is 0.143 e. The summed E-state index contributed by atoms with van der Waals surface area (Å²) < 4.78 is 0. The van der Waals surface area contributed by atoms with Crippen molar-refractivity contribution in [2.24, 2.45) is 11.8 Å². The number of fused-ring (bicyclic) bond motifs is 1. The van der Waals surface area contributed by atoms with Crippen LogP contribution in [0.25, 0.3) is 10.9 Å². The van der Waals surface area contributed by atoms with Gasteiger partial charge in [0.25, 0.3) is 0 Å². The molecule has 1 aliphatic rings. The lowest BCUT2D eigenvalue weighted by Crippen LogP contribution is -2.15. The maximum absolute atomic E-state index is 5.63. The van der Waals surface area contributed by atoms with Crippen LogP contribution >= 0.6 is 0 Å². The molecule has 3 rings (SSSR count). The Hall–Kier alpha value is -1.61. The Kier molecular flexibility index (Phi) is 3.65. The summed E-state index contributed by atoms with van der Waals surface area (Å²) in [5, 5.41) is 1.20. The van der Waals surface area contributed by atoms with Crippen LogP contribution in [-0.2, 0) is 6.42 Å². The summed E-state index contributed by atoms with van der Waals surface area (Å²) in [7, 11) is 0. The molecule has 1 heterocycles. The van der Waals surface area contributed by atoms with Gasteiger partial charge < -0.3 is 5.43 Å². The number of aromatic nitrogens is 1. The fourth-order valence-corrected chi connectivity index (χ4v) is 3.14. The molecule has 2 aromatic rings. The predicted octanol–water partition coefficient (Wildman–Crippen LogP) is 3.64. The van der Waals surface area contributed by atoms with E-state index in [4.69, 9.17) is 5.84 Å². The SMILES string of the molecule is NNc1nc2ccccc2cc1CC1CCCCC1. The number of anilines is 1. The first-order valence-electron chi connectivity index (χ1n) is 7.22. The monoisotopic (exact) mass is 255 g/mol. The van der Waals surface area contributed by atoms with Crippen molar-refractivity contribution in [3.05, 3.63) is 35.9 Å². The molecule has 0 saturated heterocycles. The lowest BCUT2D eigenvalue weighted by Gasteiger charge is -2.22. The number of rotatable bonds is 3. The van der Waals surface area contributed by atoms with Crippen LogP contribution < -0.4 is 11.3 Å². The van der Waals surface area contributed by atoms with Gasteiger partial charge in [0.15, 0.2) is 0 Å². The quantitative estimate of drug-likeness (QED) is 0.650. The van der Waals surface area contributed by atoms with Gasteiger partial charge in [-0.25, -0.2) is 10.8 Å². The Morgan fingerprint density at radius 2 is 1.95 bits per heavy atom. The minimum Gasteiger partial charge on any atom is -0.308 e. The highest BCUT2D eigenvalue weighted by Gasteiger charge is 2.16. The molecule has 1 aromatic carbocycles. The zero-order chi connectivity index (χ0) is 13.1. The molecule has 0 aliphatic heterocycles. The number of para-hydroxylation sites is 1. The molecule has 0 amide bonds. The molecule has 1 saturated carbocycles. The number of nitrogens with one attached hydrogen (secondary N) is 1. The van der Waals surface area contributed by atoms with Gasteiger partial charge in [-0.3, -0.25) is 0 Å². The standard InChI is InChI=1S/C16H21N3/c17-19-16-14(10-12-6-2-1-3-7-12)11-13-8-4-5-9-15(13)18-16/h4-5,8-9,11-12H,1-3,6-7,10,17H2,(H,18,19).